The van der Waals surface area contributed by atoms with E-state index in [0.717, 1.165) is 0 Å². The van der Waals surface area contributed by atoms with E-state index in [9.17, 15) is 9.82 Å². The molecule has 1 aromatic heterocycles. The average molecular weight is 193 g/mol. The number of fused-ring (bicyclic) bond motifs is 1. The van der Waals surface area contributed by atoms with Gasteiger partial charge in [0.1, 0.15) is 11.3 Å². The van der Waals surface area contributed by atoms with Crippen LogP contribution in [0.1, 0.15) is 16.1 Å². The van der Waals surface area contributed by atoms with Gasteiger partial charge in [-0.25, -0.2) is 4.79 Å². The first-order valence-electron chi connectivity index (χ1n) is 4.24. The third-order valence-corrected chi connectivity index (χ3v) is 2.09. The highest BCUT2D eigenvalue weighted by molar-refractivity contribution is 6.44. The number of aryl methyl sites for hydroxylation is 1. The molecule has 0 bridgehead atoms. The van der Waals surface area contributed by atoms with E-state index >= 15 is 0 Å². The van der Waals surface area contributed by atoms with Gasteiger partial charge in [0, 0.05) is 12.5 Å². The fourth-order valence-corrected chi connectivity index (χ4v) is 1.42. The first kappa shape index (κ1) is 9.02. The van der Waals surface area contributed by atoms with Crippen molar-refractivity contribution in [2.24, 2.45) is 0 Å². The van der Waals surface area contributed by atoms with Gasteiger partial charge in [-0.2, -0.15) is 0 Å². The van der Waals surface area contributed by atoms with Crippen LogP contribution in [-0.2, 0) is 6.42 Å². The summed E-state index contributed by atoms with van der Waals surface area (Å²) >= 11 is 0. The third kappa shape index (κ3) is 1.44. The topological polar surface area (TPSA) is 79.7 Å². The van der Waals surface area contributed by atoms with Gasteiger partial charge in [0.05, 0.1) is 5.69 Å². The van der Waals surface area contributed by atoms with E-state index in [1.807, 2.05) is 0 Å². The smallest absolute Gasteiger partial charge is 0.523 e. The Morgan fingerprint density at radius 3 is 3.14 bits per heavy atom. The van der Waals surface area contributed by atoms with Crippen LogP contribution in [0.4, 0.5) is 0 Å². The predicted molar refractivity (Wildman–Crippen MR) is 48.3 cm³/mol. The average Bonchev–Trinajstić information content (AvgIpc) is 2.16. The van der Waals surface area contributed by atoms with E-state index in [2.05, 4.69) is 4.98 Å². The minimum absolute atomic E-state index is 0.0498. The third-order valence-electron chi connectivity index (χ3n) is 2.09. The predicted octanol–water partition coefficient (Wildman–Crippen LogP) is 0.195. The molecule has 6 heteroatoms. The zero-order valence-corrected chi connectivity index (χ0v) is 7.30. The number of aromatic nitrogens is 1. The maximum absolute atomic E-state index is 10.8. The van der Waals surface area contributed by atoms with Crippen LogP contribution in [0, 0.1) is 0 Å². The van der Waals surface area contributed by atoms with Gasteiger partial charge in [0.25, 0.3) is 0 Å². The van der Waals surface area contributed by atoms with Gasteiger partial charge < -0.3 is 14.8 Å². The fourth-order valence-electron chi connectivity index (χ4n) is 1.42. The number of hydrogen-bond donors (Lipinski definition) is 2. The number of carboxylic acids is 1. The Labute approximate surface area is 80.5 Å². The first-order valence-corrected chi connectivity index (χ1v) is 4.24. The van der Waals surface area contributed by atoms with Gasteiger partial charge in [-0.15, -0.1) is 0 Å². The van der Waals surface area contributed by atoms with Gasteiger partial charge in [-0.05, 0) is 12.5 Å². The summed E-state index contributed by atoms with van der Waals surface area (Å²) in [4.78, 5) is 14.8. The van der Waals surface area contributed by atoms with E-state index in [-0.39, 0.29) is 11.3 Å². The first-order chi connectivity index (χ1) is 6.68. The van der Waals surface area contributed by atoms with Crippen LogP contribution in [0.15, 0.2) is 12.3 Å². The molecule has 0 aromatic carbocycles. The van der Waals surface area contributed by atoms with Crippen LogP contribution >= 0.6 is 0 Å². The lowest BCUT2D eigenvalue weighted by Crippen LogP contribution is -2.28. The standard InChI is InChI=1S/C8H8BNO4/c11-8(12)5-2-4-10-6-1-3-9(13)14-7(5)6/h2,4,13H,1,3H2,(H,11,12). The number of carbonyl (C=O) groups is 1. The minimum Gasteiger partial charge on any atom is -0.534 e. The molecule has 14 heavy (non-hydrogen) atoms. The van der Waals surface area contributed by atoms with E-state index in [1.54, 1.807) is 0 Å². The molecule has 0 spiro atoms. The van der Waals surface area contributed by atoms with Crippen molar-refractivity contribution in [2.75, 3.05) is 0 Å². The Morgan fingerprint density at radius 2 is 2.43 bits per heavy atom. The second kappa shape index (κ2) is 3.30. The molecule has 0 radical (unpaired) electrons. The van der Waals surface area contributed by atoms with Crippen molar-refractivity contribution in [1.29, 1.82) is 0 Å². The van der Waals surface area contributed by atoms with Crippen LogP contribution < -0.4 is 4.65 Å². The quantitative estimate of drug-likeness (QED) is 0.622. The molecule has 2 heterocycles. The molecule has 0 amide bonds. The number of aromatic carboxylic acids is 1. The molecule has 5 nitrogen and oxygen atoms in total. The number of pyridine rings is 1. The van der Waals surface area contributed by atoms with Crippen molar-refractivity contribution >= 4 is 13.1 Å². The Balaban J connectivity index is 2.48. The maximum Gasteiger partial charge on any atom is 0.523 e. The largest absolute Gasteiger partial charge is 0.534 e. The van der Waals surface area contributed by atoms with Gasteiger partial charge in [0.15, 0.2) is 0 Å². The van der Waals surface area contributed by atoms with E-state index in [4.69, 9.17) is 9.76 Å². The van der Waals surface area contributed by atoms with Crippen LogP contribution in [0.2, 0.25) is 6.32 Å². The van der Waals surface area contributed by atoms with Crippen molar-refractivity contribution in [1.82, 2.24) is 4.98 Å². The van der Waals surface area contributed by atoms with Crippen molar-refractivity contribution in [2.45, 2.75) is 12.7 Å². The molecule has 1 aromatic rings. The van der Waals surface area contributed by atoms with E-state index in [0.29, 0.717) is 18.4 Å². The molecule has 0 atom stereocenters. The molecule has 72 valence electrons. The molecule has 2 N–H and O–H groups in total. The van der Waals surface area contributed by atoms with Gasteiger partial charge in [-0.1, -0.05) is 0 Å². The number of hydrogen-bond acceptors (Lipinski definition) is 4. The molecule has 1 aliphatic heterocycles. The Hall–Kier alpha value is -1.56. The Kier molecular flexibility index (Phi) is 2.13. The van der Waals surface area contributed by atoms with Gasteiger partial charge in [-0.3, -0.25) is 4.98 Å². The van der Waals surface area contributed by atoms with Crippen molar-refractivity contribution < 1.29 is 19.6 Å². The molecule has 2 rings (SSSR count). The normalized spacial score (nSPS) is 14.5. The molecular formula is C8H8BNO4. The molecule has 0 fully saturated rings. The second-order valence-corrected chi connectivity index (χ2v) is 3.05. The highest BCUT2D eigenvalue weighted by atomic mass is 16.5. The number of rotatable bonds is 1. The summed E-state index contributed by atoms with van der Waals surface area (Å²) in [6.45, 7) is 0. The highest BCUT2D eigenvalue weighted by Gasteiger charge is 2.27. The molecule has 0 saturated heterocycles. The summed E-state index contributed by atoms with van der Waals surface area (Å²) in [7, 11) is -0.926. The van der Waals surface area contributed by atoms with Gasteiger partial charge in [0.2, 0.25) is 0 Å². The lowest BCUT2D eigenvalue weighted by molar-refractivity contribution is 0.0694. The monoisotopic (exact) mass is 193 g/mol. The van der Waals surface area contributed by atoms with Crippen LogP contribution in [0.3, 0.4) is 0 Å². The Morgan fingerprint density at radius 1 is 1.64 bits per heavy atom. The van der Waals surface area contributed by atoms with Crippen LogP contribution in [0.25, 0.3) is 0 Å². The number of nitrogens with zero attached hydrogens (tertiary/aromatic N) is 1. The van der Waals surface area contributed by atoms with Gasteiger partial charge >= 0.3 is 13.1 Å². The van der Waals surface area contributed by atoms with Crippen molar-refractivity contribution in [3.63, 3.8) is 0 Å². The summed E-state index contributed by atoms with van der Waals surface area (Å²) in [6.07, 6.45) is 2.42. The highest BCUT2D eigenvalue weighted by Crippen LogP contribution is 2.28. The summed E-state index contributed by atoms with van der Waals surface area (Å²) in [5.41, 5.74) is 0.643. The Bertz CT molecular complexity index is 382. The molecule has 1 aliphatic rings. The number of carboxylic acid groups (broad SMARTS) is 1. The summed E-state index contributed by atoms with van der Waals surface area (Å²) in [5.74, 6) is -0.878. The summed E-state index contributed by atoms with van der Waals surface area (Å²) in [5, 5.41) is 18.1. The molecular weight excluding hydrogens is 185 g/mol. The molecule has 0 aliphatic carbocycles. The fraction of sp³-hybridized carbons (Fsp3) is 0.250. The lowest BCUT2D eigenvalue weighted by Gasteiger charge is -2.19. The van der Waals surface area contributed by atoms with E-state index < -0.39 is 13.1 Å². The molecule has 0 saturated carbocycles. The zero-order chi connectivity index (χ0) is 10.1. The minimum atomic E-state index is -1.07. The van der Waals surface area contributed by atoms with Crippen molar-refractivity contribution in [3.05, 3.63) is 23.5 Å². The van der Waals surface area contributed by atoms with E-state index in [1.165, 1.54) is 12.3 Å². The summed E-state index contributed by atoms with van der Waals surface area (Å²) < 4.78 is 5.04. The van der Waals surface area contributed by atoms with Crippen LogP contribution in [0.5, 0.6) is 5.75 Å². The summed E-state index contributed by atoms with van der Waals surface area (Å²) in [6, 6.07) is 1.36. The SMILES string of the molecule is O=C(O)c1ccnc2c1OB(O)CC2. The zero-order valence-electron chi connectivity index (χ0n) is 7.30. The maximum atomic E-state index is 10.8. The van der Waals surface area contributed by atoms with Crippen LogP contribution in [-0.4, -0.2) is 28.2 Å². The second-order valence-electron chi connectivity index (χ2n) is 3.05. The lowest BCUT2D eigenvalue weighted by atomic mass is 9.80. The van der Waals surface area contributed by atoms with Crippen molar-refractivity contribution in [3.8, 4) is 5.75 Å². The molecule has 0 unspecified atom stereocenters.